The molecule has 0 aromatic heterocycles. The molecule has 190 valence electrons. The Bertz CT molecular complexity index is 1070. The summed E-state index contributed by atoms with van der Waals surface area (Å²) in [5.41, 5.74) is -4.19. The fourth-order valence-corrected chi connectivity index (χ4v) is 4.28. The molecule has 1 aliphatic carbocycles. The van der Waals surface area contributed by atoms with Crippen molar-refractivity contribution in [1.29, 1.82) is 0 Å². The average molecular weight is 487 g/mol. The number of carbonyl (C=O) groups excluding carboxylic acids is 3. The van der Waals surface area contributed by atoms with E-state index in [1.54, 1.807) is 30.3 Å². The van der Waals surface area contributed by atoms with Crippen molar-refractivity contribution in [2.45, 2.75) is 59.0 Å². The highest BCUT2D eigenvalue weighted by Gasteiger charge is 2.76. The van der Waals surface area contributed by atoms with Crippen LogP contribution in [0.4, 0.5) is 0 Å². The predicted molar refractivity (Wildman–Crippen MR) is 127 cm³/mol. The second kappa shape index (κ2) is 8.91. The number of allylic oxidation sites excluding steroid dienone is 2. The summed E-state index contributed by atoms with van der Waals surface area (Å²) in [6, 6.07) is 6.71. The summed E-state index contributed by atoms with van der Waals surface area (Å²) in [5.74, 6) is -2.15. The summed E-state index contributed by atoms with van der Waals surface area (Å²) in [7, 11) is 3.77. The first-order valence-corrected chi connectivity index (χ1v) is 11.3. The van der Waals surface area contributed by atoms with Crippen molar-refractivity contribution in [3.05, 3.63) is 53.1 Å². The van der Waals surface area contributed by atoms with Crippen LogP contribution in [-0.4, -0.2) is 50.3 Å². The van der Waals surface area contributed by atoms with Gasteiger partial charge in [0.15, 0.2) is 12.1 Å². The number of benzene rings is 1. The van der Waals surface area contributed by atoms with E-state index in [0.29, 0.717) is 22.5 Å². The Hall–Kier alpha value is -2.97. The molecule has 1 saturated heterocycles. The molecule has 0 N–H and O–H groups in total. The molecule has 1 fully saturated rings. The Morgan fingerprint density at radius 1 is 0.857 bits per heavy atom. The van der Waals surface area contributed by atoms with Gasteiger partial charge in [-0.3, -0.25) is 4.79 Å². The molecule has 0 bridgehead atoms. The Balaban J connectivity index is 2.36. The topological polar surface area (TPSA) is 97.4 Å². The molecule has 1 spiro atoms. The fraction of sp³-hybridized carbons (Fsp3) is 0.519. The molecule has 1 aliphatic heterocycles. The summed E-state index contributed by atoms with van der Waals surface area (Å²) in [5, 5.41) is 0. The Kier molecular flexibility index (Phi) is 6.78. The second-order valence-electron chi connectivity index (χ2n) is 10.7. The van der Waals surface area contributed by atoms with Crippen LogP contribution in [0.2, 0.25) is 0 Å². The van der Waals surface area contributed by atoms with E-state index < -0.39 is 46.0 Å². The van der Waals surface area contributed by atoms with Crippen LogP contribution in [0, 0.1) is 10.8 Å². The number of ketones is 1. The van der Waals surface area contributed by atoms with Crippen molar-refractivity contribution in [1.82, 2.24) is 0 Å². The van der Waals surface area contributed by atoms with Crippen molar-refractivity contribution >= 4 is 17.7 Å². The largest absolute Gasteiger partial charge is 0.497 e. The van der Waals surface area contributed by atoms with Gasteiger partial charge in [0.1, 0.15) is 5.75 Å². The third-order valence-corrected chi connectivity index (χ3v) is 6.35. The molecular formula is C27H34O8. The minimum atomic E-state index is -2.53. The maximum atomic E-state index is 14.2. The standard InChI is InChI=1S/C27H34O8/c1-24(2,3)17-14-19(25(4,5)6)20(28)26(15-17)27(22(29)32-8,23(30)33-9)35-21(34-26)16-10-12-18(31-7)13-11-16/h10-15,21H,1-9H3/t21-,26+/m1/s1. The first-order chi connectivity index (χ1) is 16.2. The Morgan fingerprint density at radius 3 is 1.83 bits per heavy atom. The number of carbonyl (C=O) groups is 3. The van der Waals surface area contributed by atoms with Crippen LogP contribution in [0.25, 0.3) is 0 Å². The first-order valence-electron chi connectivity index (χ1n) is 11.3. The minimum absolute atomic E-state index is 0.390. The van der Waals surface area contributed by atoms with Gasteiger partial charge in [-0.25, -0.2) is 9.59 Å². The third kappa shape index (κ3) is 4.19. The Labute approximate surface area is 206 Å². The normalized spacial score (nSPS) is 24.0. The van der Waals surface area contributed by atoms with Crippen LogP contribution in [0.5, 0.6) is 5.75 Å². The monoisotopic (exact) mass is 486 g/mol. The van der Waals surface area contributed by atoms with Gasteiger partial charge in [0.25, 0.3) is 0 Å². The van der Waals surface area contributed by atoms with Crippen molar-refractivity contribution < 1.29 is 38.1 Å². The highest BCUT2D eigenvalue weighted by Crippen LogP contribution is 2.54. The SMILES string of the molecule is COC(=O)C1(C(=O)OC)O[C@H](c2ccc(OC)cc2)O[C@]12C=C(C(C)(C)C)C=C(C(C)(C)C)C2=O. The number of hydrogen-bond acceptors (Lipinski definition) is 8. The maximum absolute atomic E-state index is 14.2. The van der Waals surface area contributed by atoms with Gasteiger partial charge in [0.05, 0.1) is 21.3 Å². The van der Waals surface area contributed by atoms with E-state index >= 15 is 0 Å². The summed E-state index contributed by atoms with van der Waals surface area (Å²) >= 11 is 0. The van der Waals surface area contributed by atoms with Crippen LogP contribution in [0.15, 0.2) is 47.6 Å². The summed E-state index contributed by atoms with van der Waals surface area (Å²) in [6.45, 7) is 11.5. The summed E-state index contributed by atoms with van der Waals surface area (Å²) < 4.78 is 27.7. The third-order valence-electron chi connectivity index (χ3n) is 6.35. The molecule has 1 aromatic rings. The zero-order valence-electron chi connectivity index (χ0n) is 21.8. The number of hydrogen-bond donors (Lipinski definition) is 0. The molecule has 8 nitrogen and oxygen atoms in total. The summed E-state index contributed by atoms with van der Waals surface area (Å²) in [4.78, 5) is 41.0. The number of Topliss-reactive ketones (excluding diaryl/α,β-unsaturated/α-hetero) is 1. The van der Waals surface area contributed by atoms with Crippen LogP contribution in [-0.2, 0) is 33.3 Å². The van der Waals surface area contributed by atoms with Gasteiger partial charge < -0.3 is 23.7 Å². The van der Waals surface area contributed by atoms with Crippen LogP contribution < -0.4 is 4.74 Å². The van der Waals surface area contributed by atoms with Gasteiger partial charge in [-0.2, -0.15) is 0 Å². The van der Waals surface area contributed by atoms with Gasteiger partial charge in [0, 0.05) is 11.1 Å². The van der Waals surface area contributed by atoms with Crippen molar-refractivity contribution in [3.63, 3.8) is 0 Å². The van der Waals surface area contributed by atoms with Crippen molar-refractivity contribution in [2.75, 3.05) is 21.3 Å². The molecule has 8 heteroatoms. The Morgan fingerprint density at radius 2 is 1.40 bits per heavy atom. The van der Waals surface area contributed by atoms with Crippen molar-refractivity contribution in [3.8, 4) is 5.75 Å². The molecule has 2 aliphatic rings. The highest BCUT2D eigenvalue weighted by atomic mass is 16.8. The first kappa shape index (κ1) is 26.6. The van der Waals surface area contributed by atoms with Crippen LogP contribution >= 0.6 is 0 Å². The molecule has 35 heavy (non-hydrogen) atoms. The molecule has 2 atom stereocenters. The molecule has 1 aromatic carbocycles. The molecule has 1 heterocycles. The van der Waals surface area contributed by atoms with Gasteiger partial charge in [-0.1, -0.05) is 59.8 Å². The molecule has 0 radical (unpaired) electrons. The lowest BCUT2D eigenvalue weighted by atomic mass is 9.65. The van der Waals surface area contributed by atoms with E-state index in [0.717, 1.165) is 14.2 Å². The zero-order chi connectivity index (χ0) is 26.4. The van der Waals surface area contributed by atoms with Crippen LogP contribution in [0.3, 0.4) is 0 Å². The number of methoxy groups -OCH3 is 3. The van der Waals surface area contributed by atoms with E-state index in [2.05, 4.69) is 0 Å². The highest BCUT2D eigenvalue weighted by molar-refractivity contribution is 6.18. The fourth-order valence-electron chi connectivity index (χ4n) is 4.28. The average Bonchev–Trinajstić information content (AvgIpc) is 3.14. The second-order valence-corrected chi connectivity index (χ2v) is 10.7. The molecule has 0 amide bonds. The van der Waals surface area contributed by atoms with Gasteiger partial charge in [-0.15, -0.1) is 0 Å². The van der Waals surface area contributed by atoms with Gasteiger partial charge in [0.2, 0.25) is 5.60 Å². The zero-order valence-corrected chi connectivity index (χ0v) is 21.8. The predicted octanol–water partition coefficient (Wildman–Crippen LogP) is 4.09. The van der Waals surface area contributed by atoms with E-state index in [1.807, 2.05) is 41.5 Å². The lowest BCUT2D eigenvalue weighted by Crippen LogP contribution is -2.67. The van der Waals surface area contributed by atoms with Gasteiger partial charge in [-0.05, 0) is 34.6 Å². The van der Waals surface area contributed by atoms with E-state index in [-0.39, 0.29) is 0 Å². The quantitative estimate of drug-likeness (QED) is 0.464. The number of rotatable bonds is 4. The van der Waals surface area contributed by atoms with Crippen LogP contribution in [0.1, 0.15) is 53.4 Å². The van der Waals surface area contributed by atoms with Gasteiger partial charge >= 0.3 is 17.5 Å². The molecule has 0 saturated carbocycles. The van der Waals surface area contributed by atoms with E-state index in [4.69, 9.17) is 23.7 Å². The number of esters is 2. The van der Waals surface area contributed by atoms with Crippen molar-refractivity contribution in [2.24, 2.45) is 10.8 Å². The van der Waals surface area contributed by atoms with E-state index in [1.165, 1.54) is 13.2 Å². The minimum Gasteiger partial charge on any atom is -0.497 e. The molecule has 0 unspecified atom stereocenters. The molecule has 3 rings (SSSR count). The smallest absolute Gasteiger partial charge is 0.354 e. The lowest BCUT2D eigenvalue weighted by Gasteiger charge is -2.41. The maximum Gasteiger partial charge on any atom is 0.354 e. The van der Waals surface area contributed by atoms with E-state index in [9.17, 15) is 14.4 Å². The molecular weight excluding hydrogens is 452 g/mol. The number of ether oxygens (including phenoxy) is 5. The summed E-state index contributed by atoms with van der Waals surface area (Å²) in [6.07, 6.45) is 2.07. The lowest BCUT2D eigenvalue weighted by molar-refractivity contribution is -0.191.